The van der Waals surface area contributed by atoms with Gasteiger partial charge in [-0.3, -0.25) is 0 Å². The molecular weight excluding hydrogens is 338 g/mol. The SMILES string of the molecule is CCOc1ccc(NC(C)c2ccc(Br)s2)cc1CO. The Balaban J connectivity index is 2.13. The van der Waals surface area contributed by atoms with E-state index in [2.05, 4.69) is 40.3 Å². The average molecular weight is 356 g/mol. The Bertz CT molecular complexity index is 571. The third-order valence-electron chi connectivity index (χ3n) is 2.93. The van der Waals surface area contributed by atoms with Crippen molar-refractivity contribution < 1.29 is 9.84 Å². The van der Waals surface area contributed by atoms with Gasteiger partial charge in [-0.2, -0.15) is 0 Å². The predicted octanol–water partition coefficient (Wildman–Crippen LogP) is 4.57. The van der Waals surface area contributed by atoms with E-state index in [0.29, 0.717) is 6.61 Å². The van der Waals surface area contributed by atoms with Crippen LogP contribution in [0.15, 0.2) is 34.1 Å². The van der Waals surface area contributed by atoms with E-state index in [1.165, 1.54) is 4.88 Å². The highest BCUT2D eigenvalue weighted by atomic mass is 79.9. The Hall–Kier alpha value is -1.04. The lowest BCUT2D eigenvalue weighted by Gasteiger charge is -2.16. The van der Waals surface area contributed by atoms with Crippen LogP contribution in [0.2, 0.25) is 0 Å². The molecule has 2 rings (SSSR count). The first-order valence-electron chi connectivity index (χ1n) is 6.52. The molecule has 1 aromatic heterocycles. The van der Waals surface area contributed by atoms with Gasteiger partial charge in [0.25, 0.3) is 0 Å². The summed E-state index contributed by atoms with van der Waals surface area (Å²) in [4.78, 5) is 1.26. The minimum Gasteiger partial charge on any atom is -0.494 e. The largest absolute Gasteiger partial charge is 0.494 e. The molecule has 0 saturated carbocycles. The number of rotatable bonds is 6. The van der Waals surface area contributed by atoms with Crippen LogP contribution in [0.5, 0.6) is 5.75 Å². The van der Waals surface area contributed by atoms with E-state index in [4.69, 9.17) is 4.74 Å². The Morgan fingerprint density at radius 3 is 2.75 bits per heavy atom. The Morgan fingerprint density at radius 1 is 1.35 bits per heavy atom. The van der Waals surface area contributed by atoms with Gasteiger partial charge in [-0.1, -0.05) is 0 Å². The van der Waals surface area contributed by atoms with Gasteiger partial charge in [0.2, 0.25) is 0 Å². The molecule has 0 fully saturated rings. The quantitative estimate of drug-likeness (QED) is 0.796. The number of anilines is 1. The summed E-state index contributed by atoms with van der Waals surface area (Å²) < 4.78 is 6.61. The van der Waals surface area contributed by atoms with Crippen LogP contribution in [0.1, 0.15) is 30.3 Å². The van der Waals surface area contributed by atoms with Crippen LogP contribution in [-0.4, -0.2) is 11.7 Å². The summed E-state index contributed by atoms with van der Waals surface area (Å²) in [7, 11) is 0. The van der Waals surface area contributed by atoms with Gasteiger partial charge >= 0.3 is 0 Å². The Kier molecular flexibility index (Phi) is 5.46. The summed E-state index contributed by atoms with van der Waals surface area (Å²) in [5.74, 6) is 0.743. The number of aliphatic hydroxyl groups excluding tert-OH is 1. The van der Waals surface area contributed by atoms with Gasteiger partial charge < -0.3 is 15.2 Å². The smallest absolute Gasteiger partial charge is 0.124 e. The van der Waals surface area contributed by atoms with Crippen molar-refractivity contribution in [3.63, 3.8) is 0 Å². The van der Waals surface area contributed by atoms with Gasteiger partial charge in [-0.05, 0) is 60.1 Å². The number of aliphatic hydroxyl groups is 1. The fourth-order valence-electron chi connectivity index (χ4n) is 1.97. The number of benzene rings is 1. The van der Waals surface area contributed by atoms with Crippen molar-refractivity contribution in [3.8, 4) is 5.75 Å². The normalized spacial score (nSPS) is 12.2. The number of halogens is 1. The lowest BCUT2D eigenvalue weighted by molar-refractivity contribution is 0.267. The molecule has 2 N–H and O–H groups in total. The van der Waals surface area contributed by atoms with Crippen LogP contribution >= 0.6 is 27.3 Å². The molecular formula is C15H18BrNO2S. The second-order valence-electron chi connectivity index (χ2n) is 4.42. The Labute approximate surface area is 131 Å². The summed E-state index contributed by atoms with van der Waals surface area (Å²) >= 11 is 5.19. The van der Waals surface area contributed by atoms with Gasteiger partial charge in [0, 0.05) is 16.1 Å². The first-order valence-corrected chi connectivity index (χ1v) is 8.13. The molecule has 0 aliphatic rings. The van der Waals surface area contributed by atoms with Crippen molar-refractivity contribution >= 4 is 33.0 Å². The fraction of sp³-hybridized carbons (Fsp3) is 0.333. The molecule has 0 bridgehead atoms. The van der Waals surface area contributed by atoms with Crippen molar-refractivity contribution in [2.45, 2.75) is 26.5 Å². The monoisotopic (exact) mass is 355 g/mol. The van der Waals surface area contributed by atoms with Gasteiger partial charge in [-0.15, -0.1) is 11.3 Å². The van der Waals surface area contributed by atoms with E-state index in [9.17, 15) is 5.11 Å². The maximum absolute atomic E-state index is 9.41. The molecule has 108 valence electrons. The molecule has 0 aliphatic carbocycles. The molecule has 0 spiro atoms. The van der Waals surface area contributed by atoms with E-state index in [1.54, 1.807) is 11.3 Å². The van der Waals surface area contributed by atoms with E-state index in [0.717, 1.165) is 20.8 Å². The van der Waals surface area contributed by atoms with E-state index >= 15 is 0 Å². The summed E-state index contributed by atoms with van der Waals surface area (Å²) in [6, 6.07) is 10.2. The zero-order valence-corrected chi connectivity index (χ0v) is 13.9. The molecule has 20 heavy (non-hydrogen) atoms. The maximum Gasteiger partial charge on any atom is 0.124 e. The highest BCUT2D eigenvalue weighted by Crippen LogP contribution is 2.30. The third-order valence-corrected chi connectivity index (χ3v) is 4.74. The maximum atomic E-state index is 9.41. The van der Waals surface area contributed by atoms with Crippen LogP contribution in [0, 0.1) is 0 Å². The van der Waals surface area contributed by atoms with Crippen molar-refractivity contribution in [2.75, 3.05) is 11.9 Å². The number of thiophene rings is 1. The lowest BCUT2D eigenvalue weighted by Crippen LogP contribution is -2.06. The number of hydrogen-bond acceptors (Lipinski definition) is 4. The first-order chi connectivity index (χ1) is 9.63. The molecule has 3 nitrogen and oxygen atoms in total. The van der Waals surface area contributed by atoms with Crippen LogP contribution in [0.25, 0.3) is 0 Å². The predicted molar refractivity (Wildman–Crippen MR) is 87.6 cm³/mol. The second kappa shape index (κ2) is 7.11. The van der Waals surface area contributed by atoms with Crippen molar-refractivity contribution in [2.24, 2.45) is 0 Å². The topological polar surface area (TPSA) is 41.5 Å². The minimum atomic E-state index is -0.0240. The molecule has 1 atom stereocenters. The van der Waals surface area contributed by atoms with Crippen LogP contribution in [-0.2, 0) is 6.61 Å². The molecule has 5 heteroatoms. The first kappa shape index (κ1) is 15.4. The second-order valence-corrected chi connectivity index (χ2v) is 6.92. The molecule has 1 unspecified atom stereocenters. The summed E-state index contributed by atoms with van der Waals surface area (Å²) in [5, 5.41) is 12.9. The molecule has 0 saturated heterocycles. The summed E-state index contributed by atoms with van der Waals surface area (Å²) in [6.07, 6.45) is 0. The van der Waals surface area contributed by atoms with Gasteiger partial charge in [-0.25, -0.2) is 0 Å². The lowest BCUT2D eigenvalue weighted by atomic mass is 10.1. The molecule has 1 heterocycles. The molecule has 0 amide bonds. The highest BCUT2D eigenvalue weighted by molar-refractivity contribution is 9.11. The molecule has 2 aromatic rings. The minimum absolute atomic E-state index is 0.0240. The highest BCUT2D eigenvalue weighted by Gasteiger charge is 2.10. The van der Waals surface area contributed by atoms with Crippen molar-refractivity contribution in [3.05, 3.63) is 44.6 Å². The number of ether oxygens (including phenoxy) is 1. The van der Waals surface area contributed by atoms with Crippen LogP contribution in [0.3, 0.4) is 0 Å². The number of nitrogens with one attached hydrogen (secondary N) is 1. The molecule has 1 aromatic carbocycles. The molecule has 0 aliphatic heterocycles. The summed E-state index contributed by atoms with van der Waals surface area (Å²) in [6.45, 7) is 4.63. The zero-order valence-electron chi connectivity index (χ0n) is 11.5. The van der Waals surface area contributed by atoms with Crippen LogP contribution in [0.4, 0.5) is 5.69 Å². The Morgan fingerprint density at radius 2 is 2.15 bits per heavy atom. The average Bonchev–Trinajstić information content (AvgIpc) is 2.87. The number of hydrogen-bond donors (Lipinski definition) is 2. The van der Waals surface area contributed by atoms with Gasteiger partial charge in [0.1, 0.15) is 5.75 Å². The summed E-state index contributed by atoms with van der Waals surface area (Å²) in [5.41, 5.74) is 1.78. The van der Waals surface area contributed by atoms with E-state index < -0.39 is 0 Å². The standard InChI is InChI=1S/C15H18BrNO2S/c1-3-19-13-5-4-12(8-11(13)9-18)17-10(2)14-6-7-15(16)20-14/h4-8,10,17-18H,3,9H2,1-2H3. The molecule has 0 radical (unpaired) electrons. The van der Waals surface area contributed by atoms with Gasteiger partial charge in [0.15, 0.2) is 0 Å². The van der Waals surface area contributed by atoms with E-state index in [1.807, 2.05) is 25.1 Å². The van der Waals surface area contributed by atoms with Crippen molar-refractivity contribution in [1.82, 2.24) is 0 Å². The van der Waals surface area contributed by atoms with Gasteiger partial charge in [0.05, 0.1) is 23.0 Å². The van der Waals surface area contributed by atoms with E-state index in [-0.39, 0.29) is 12.6 Å². The third kappa shape index (κ3) is 3.75. The zero-order chi connectivity index (χ0) is 14.5. The van der Waals surface area contributed by atoms with Crippen LogP contribution < -0.4 is 10.1 Å². The fourth-order valence-corrected chi connectivity index (χ4v) is 3.40. The van der Waals surface area contributed by atoms with Crippen molar-refractivity contribution in [1.29, 1.82) is 0 Å².